The molecular weight excluding hydrogens is 412 g/mol. The van der Waals surface area contributed by atoms with Gasteiger partial charge >= 0.3 is 18.0 Å². The first-order valence-corrected chi connectivity index (χ1v) is 10.4. The van der Waals surface area contributed by atoms with E-state index in [-0.39, 0.29) is 37.4 Å². The van der Waals surface area contributed by atoms with Crippen LogP contribution in [0.5, 0.6) is 0 Å². The number of rotatable bonds is 7. The molecule has 0 atom stereocenters. The molecular formula is C18H22N6O5S. The number of aromatic nitrogens is 4. The molecule has 0 saturated carbocycles. The molecule has 0 saturated heterocycles. The van der Waals surface area contributed by atoms with Gasteiger partial charge in [-0.3, -0.25) is 4.79 Å². The predicted octanol–water partition coefficient (Wildman–Crippen LogP) is 0.679. The molecule has 1 aliphatic heterocycles. The third-order valence-electron chi connectivity index (χ3n) is 4.49. The number of urea groups is 1. The number of hydrogen-bond acceptors (Lipinski definition) is 9. The van der Waals surface area contributed by atoms with Gasteiger partial charge in [0.2, 0.25) is 5.16 Å². The summed E-state index contributed by atoms with van der Waals surface area (Å²) in [6.45, 7) is 5.24. The van der Waals surface area contributed by atoms with Gasteiger partial charge in [0.1, 0.15) is 6.61 Å². The zero-order chi connectivity index (χ0) is 21.8. The van der Waals surface area contributed by atoms with Crippen molar-refractivity contribution in [2.75, 3.05) is 26.0 Å². The van der Waals surface area contributed by atoms with Crippen LogP contribution in [0.1, 0.15) is 23.9 Å². The third-order valence-corrected chi connectivity index (χ3v) is 5.03. The number of nitrogens with zero attached hydrogens (tertiary/aromatic N) is 4. The number of carbonyl (C=O) groups excluding carboxylic acids is 3. The van der Waals surface area contributed by atoms with Crippen LogP contribution in [0, 0.1) is 13.8 Å². The number of fused-ring (bicyclic) bond motifs is 1. The highest BCUT2D eigenvalue weighted by molar-refractivity contribution is 7.98. The van der Waals surface area contributed by atoms with Crippen LogP contribution in [0.2, 0.25) is 0 Å². The van der Waals surface area contributed by atoms with Crippen LogP contribution in [0.4, 0.5) is 4.79 Å². The lowest BCUT2D eigenvalue weighted by Gasteiger charge is -2.21. The second-order valence-electron chi connectivity index (χ2n) is 6.39. The fourth-order valence-corrected chi connectivity index (χ4v) is 3.29. The Bertz CT molecular complexity index is 1050. The zero-order valence-electron chi connectivity index (χ0n) is 17.1. The van der Waals surface area contributed by atoms with Crippen molar-refractivity contribution < 1.29 is 23.9 Å². The first-order chi connectivity index (χ1) is 14.3. The molecule has 0 unspecified atom stereocenters. The number of nitrogens with one attached hydrogen (secondary N) is 2. The molecule has 2 N–H and O–H groups in total. The number of esters is 2. The van der Waals surface area contributed by atoms with Crippen LogP contribution in [0.3, 0.4) is 0 Å². The Morgan fingerprint density at radius 3 is 2.70 bits per heavy atom. The van der Waals surface area contributed by atoms with Gasteiger partial charge in [0.15, 0.2) is 0 Å². The monoisotopic (exact) mass is 434 g/mol. The quantitative estimate of drug-likeness (QED) is 0.476. The zero-order valence-corrected chi connectivity index (χ0v) is 17.9. The van der Waals surface area contributed by atoms with Crippen molar-refractivity contribution in [3.05, 3.63) is 28.2 Å². The lowest BCUT2D eigenvalue weighted by molar-refractivity contribution is -0.143. The summed E-state index contributed by atoms with van der Waals surface area (Å²) >= 11 is 1.40. The maximum absolute atomic E-state index is 12.5. The van der Waals surface area contributed by atoms with E-state index in [2.05, 4.69) is 25.7 Å². The minimum atomic E-state index is -0.576. The van der Waals surface area contributed by atoms with Crippen LogP contribution in [0.25, 0.3) is 5.78 Å². The van der Waals surface area contributed by atoms with Gasteiger partial charge in [-0.2, -0.15) is 4.98 Å². The molecule has 0 fully saturated rings. The summed E-state index contributed by atoms with van der Waals surface area (Å²) in [5, 5.41) is 9.93. The fraction of sp³-hybridized carbons (Fsp3) is 0.444. The Labute approximate surface area is 176 Å². The molecule has 160 valence electrons. The van der Waals surface area contributed by atoms with Crippen LogP contribution in [-0.2, 0) is 25.5 Å². The van der Waals surface area contributed by atoms with E-state index in [0.717, 1.165) is 5.69 Å². The van der Waals surface area contributed by atoms with Crippen LogP contribution >= 0.6 is 11.8 Å². The van der Waals surface area contributed by atoms with Gasteiger partial charge in [-0.25, -0.2) is 19.1 Å². The Balaban J connectivity index is 1.75. The highest BCUT2D eigenvalue weighted by Crippen LogP contribution is 2.18. The summed E-state index contributed by atoms with van der Waals surface area (Å²) in [5.41, 5.74) is 2.49. The Morgan fingerprint density at radius 1 is 1.23 bits per heavy atom. The molecule has 0 radical (unpaired) electrons. The molecule has 0 aromatic carbocycles. The first kappa shape index (κ1) is 21.6. The summed E-state index contributed by atoms with van der Waals surface area (Å²) in [6, 6.07) is -0.480. The second-order valence-corrected chi connectivity index (χ2v) is 7.17. The number of aryl methyl sites for hydroxylation is 2. The number of thioether (sulfide) groups is 1. The molecule has 12 heteroatoms. The smallest absolute Gasteiger partial charge is 0.337 e. The molecule has 2 aromatic heterocycles. The molecule has 0 bridgehead atoms. The normalized spacial score (nSPS) is 13.8. The molecule has 2 amide bonds. The van der Waals surface area contributed by atoms with E-state index in [0.29, 0.717) is 22.2 Å². The molecule has 3 rings (SSSR count). The van der Waals surface area contributed by atoms with Gasteiger partial charge in [-0.15, -0.1) is 5.10 Å². The van der Waals surface area contributed by atoms with Crippen LogP contribution in [0.15, 0.2) is 16.4 Å². The van der Waals surface area contributed by atoms with Crippen molar-refractivity contribution in [3.8, 4) is 0 Å². The SMILES string of the molecule is CCOC(=O)C1=C(COC(=O)Cc2c(C)nc3nc(SC)nn3c2C)NC(=O)NC1. The van der Waals surface area contributed by atoms with Crippen molar-refractivity contribution in [3.63, 3.8) is 0 Å². The minimum absolute atomic E-state index is 0.000423. The van der Waals surface area contributed by atoms with E-state index in [9.17, 15) is 14.4 Å². The van der Waals surface area contributed by atoms with Crippen molar-refractivity contribution in [2.45, 2.75) is 32.3 Å². The topological polar surface area (TPSA) is 137 Å². The molecule has 1 aliphatic rings. The van der Waals surface area contributed by atoms with Crippen molar-refractivity contribution >= 4 is 35.5 Å². The molecule has 3 heterocycles. The van der Waals surface area contributed by atoms with Crippen molar-refractivity contribution in [1.29, 1.82) is 0 Å². The van der Waals surface area contributed by atoms with Crippen LogP contribution in [-0.4, -0.2) is 63.6 Å². The highest BCUT2D eigenvalue weighted by Gasteiger charge is 2.25. The average molecular weight is 434 g/mol. The number of hydrogen-bond donors (Lipinski definition) is 2. The van der Waals surface area contributed by atoms with Gasteiger partial charge < -0.3 is 20.1 Å². The number of carbonyl (C=O) groups is 3. The van der Waals surface area contributed by atoms with Crippen LogP contribution < -0.4 is 10.6 Å². The van der Waals surface area contributed by atoms with Gasteiger partial charge in [0.05, 0.1) is 30.8 Å². The predicted molar refractivity (Wildman–Crippen MR) is 107 cm³/mol. The lowest BCUT2D eigenvalue weighted by atomic mass is 10.1. The Morgan fingerprint density at radius 2 is 2.00 bits per heavy atom. The maximum atomic E-state index is 12.5. The molecule has 30 heavy (non-hydrogen) atoms. The van der Waals surface area contributed by atoms with E-state index < -0.39 is 18.0 Å². The van der Waals surface area contributed by atoms with E-state index in [4.69, 9.17) is 9.47 Å². The number of amides is 2. The van der Waals surface area contributed by atoms with Crippen molar-refractivity contribution in [2.24, 2.45) is 0 Å². The maximum Gasteiger partial charge on any atom is 0.337 e. The lowest BCUT2D eigenvalue weighted by Crippen LogP contribution is -2.45. The van der Waals surface area contributed by atoms with E-state index in [1.54, 1.807) is 18.4 Å². The highest BCUT2D eigenvalue weighted by atomic mass is 32.2. The fourth-order valence-electron chi connectivity index (χ4n) is 2.95. The Hall–Kier alpha value is -3.15. The minimum Gasteiger partial charge on any atom is -0.463 e. The van der Waals surface area contributed by atoms with Gasteiger partial charge in [-0.1, -0.05) is 11.8 Å². The van der Waals surface area contributed by atoms with E-state index >= 15 is 0 Å². The second kappa shape index (κ2) is 9.11. The number of ether oxygens (including phenoxy) is 2. The summed E-state index contributed by atoms with van der Waals surface area (Å²) in [5.74, 6) is -0.641. The van der Waals surface area contributed by atoms with Gasteiger partial charge in [0, 0.05) is 17.0 Å². The largest absolute Gasteiger partial charge is 0.463 e. The average Bonchev–Trinajstić information content (AvgIpc) is 3.13. The van der Waals surface area contributed by atoms with E-state index in [1.165, 1.54) is 11.8 Å². The molecule has 0 aliphatic carbocycles. The van der Waals surface area contributed by atoms with E-state index in [1.807, 2.05) is 13.2 Å². The molecule has 0 spiro atoms. The standard InChI is InChI=1S/C18H22N6O5S/c1-5-28-15(26)12-7-19-17(27)21-13(12)8-29-14(25)6-11-9(2)20-16-22-18(30-4)23-24(16)10(11)3/h5-8H2,1-4H3,(H2,19,21,27). The summed E-state index contributed by atoms with van der Waals surface area (Å²) in [7, 11) is 0. The van der Waals surface area contributed by atoms with Gasteiger partial charge in [0.25, 0.3) is 5.78 Å². The Kier molecular flexibility index (Phi) is 6.55. The summed E-state index contributed by atoms with van der Waals surface area (Å²) in [4.78, 5) is 44.8. The molecule has 2 aromatic rings. The summed E-state index contributed by atoms with van der Waals surface area (Å²) in [6.07, 6.45) is 1.83. The molecule has 11 nitrogen and oxygen atoms in total. The third kappa shape index (κ3) is 4.53. The summed E-state index contributed by atoms with van der Waals surface area (Å²) < 4.78 is 11.9. The van der Waals surface area contributed by atoms with Gasteiger partial charge in [-0.05, 0) is 27.0 Å². The first-order valence-electron chi connectivity index (χ1n) is 9.20. The van der Waals surface area contributed by atoms with Crippen molar-refractivity contribution in [1.82, 2.24) is 30.2 Å².